The average molecular weight is 218 g/mol. The molecule has 16 heavy (non-hydrogen) atoms. The van der Waals surface area contributed by atoms with E-state index in [2.05, 4.69) is 23.1 Å². The van der Waals surface area contributed by atoms with Gasteiger partial charge in [0, 0.05) is 31.5 Å². The summed E-state index contributed by atoms with van der Waals surface area (Å²) in [6, 6.07) is 6.21. The van der Waals surface area contributed by atoms with Crippen LogP contribution in [0.25, 0.3) is 5.65 Å². The molecule has 2 aromatic heterocycles. The topological polar surface area (TPSA) is 46.6 Å². The second-order valence-electron chi connectivity index (χ2n) is 4.37. The predicted molar refractivity (Wildman–Crippen MR) is 65.2 cm³/mol. The molecule has 0 aliphatic rings. The second-order valence-corrected chi connectivity index (χ2v) is 4.37. The average Bonchev–Trinajstić information content (AvgIpc) is 2.57. The van der Waals surface area contributed by atoms with Crippen molar-refractivity contribution < 1.29 is 0 Å². The molecule has 0 spiro atoms. The molecule has 0 aliphatic carbocycles. The summed E-state index contributed by atoms with van der Waals surface area (Å²) in [5.41, 5.74) is 7.83. The summed E-state index contributed by atoms with van der Waals surface area (Å²) in [6.07, 6.45) is 4.07. The molecular formula is C12H18N4. The van der Waals surface area contributed by atoms with Gasteiger partial charge in [-0.2, -0.15) is 0 Å². The van der Waals surface area contributed by atoms with Crippen LogP contribution in [0.3, 0.4) is 0 Å². The zero-order valence-electron chi connectivity index (χ0n) is 9.80. The highest BCUT2D eigenvalue weighted by Gasteiger charge is 2.06. The molecule has 0 bridgehead atoms. The van der Waals surface area contributed by atoms with Gasteiger partial charge >= 0.3 is 0 Å². The van der Waals surface area contributed by atoms with Gasteiger partial charge in [-0.3, -0.25) is 4.90 Å². The Morgan fingerprint density at radius 2 is 2.31 bits per heavy atom. The van der Waals surface area contributed by atoms with E-state index in [1.54, 1.807) is 0 Å². The van der Waals surface area contributed by atoms with Crippen molar-refractivity contribution in [3.8, 4) is 0 Å². The number of fused-ring (bicyclic) bond motifs is 1. The van der Waals surface area contributed by atoms with Gasteiger partial charge in [0.1, 0.15) is 5.65 Å². The van der Waals surface area contributed by atoms with Crippen molar-refractivity contribution in [2.24, 2.45) is 5.73 Å². The van der Waals surface area contributed by atoms with Gasteiger partial charge in [-0.15, -0.1) is 0 Å². The second kappa shape index (κ2) is 4.63. The standard InChI is InChI=1S/C12H18N4/c1-10(13)7-15(2)8-11-9-16-6-4-3-5-12(16)14-11/h3-6,9-10H,7-8,13H2,1-2H3. The van der Waals surface area contributed by atoms with Crippen LogP contribution in [0.5, 0.6) is 0 Å². The maximum atomic E-state index is 5.75. The Morgan fingerprint density at radius 3 is 3.00 bits per heavy atom. The lowest BCUT2D eigenvalue weighted by Crippen LogP contribution is -2.32. The fourth-order valence-corrected chi connectivity index (χ4v) is 1.90. The number of pyridine rings is 1. The number of hydrogen-bond acceptors (Lipinski definition) is 3. The molecule has 2 heterocycles. The normalized spacial score (nSPS) is 13.5. The molecule has 0 fully saturated rings. The number of aromatic nitrogens is 2. The summed E-state index contributed by atoms with van der Waals surface area (Å²) in [5, 5.41) is 0. The van der Waals surface area contributed by atoms with E-state index in [-0.39, 0.29) is 6.04 Å². The van der Waals surface area contributed by atoms with Gasteiger partial charge in [0.05, 0.1) is 5.69 Å². The fraction of sp³-hybridized carbons (Fsp3) is 0.417. The van der Waals surface area contributed by atoms with Crippen molar-refractivity contribution in [2.45, 2.75) is 19.5 Å². The van der Waals surface area contributed by atoms with Crippen LogP contribution in [-0.4, -0.2) is 33.9 Å². The summed E-state index contributed by atoms with van der Waals surface area (Å²) in [4.78, 5) is 6.73. The first-order valence-corrected chi connectivity index (χ1v) is 5.52. The molecule has 2 aromatic rings. The molecule has 86 valence electrons. The zero-order valence-corrected chi connectivity index (χ0v) is 9.80. The number of rotatable bonds is 4. The summed E-state index contributed by atoms with van der Waals surface area (Å²) in [5.74, 6) is 0. The lowest BCUT2D eigenvalue weighted by molar-refractivity contribution is 0.307. The molecule has 4 heteroatoms. The number of imidazole rings is 1. The summed E-state index contributed by atoms with van der Waals surface area (Å²) < 4.78 is 2.04. The van der Waals surface area contributed by atoms with E-state index in [1.807, 2.05) is 35.7 Å². The van der Waals surface area contributed by atoms with Gasteiger partial charge in [0.15, 0.2) is 0 Å². The van der Waals surface area contributed by atoms with Crippen molar-refractivity contribution in [3.63, 3.8) is 0 Å². The van der Waals surface area contributed by atoms with Crippen LogP contribution in [0, 0.1) is 0 Å². The van der Waals surface area contributed by atoms with E-state index in [4.69, 9.17) is 5.73 Å². The van der Waals surface area contributed by atoms with Crippen molar-refractivity contribution in [1.29, 1.82) is 0 Å². The highest BCUT2D eigenvalue weighted by molar-refractivity contribution is 5.39. The van der Waals surface area contributed by atoms with Gasteiger partial charge < -0.3 is 10.1 Å². The molecule has 4 nitrogen and oxygen atoms in total. The fourth-order valence-electron chi connectivity index (χ4n) is 1.90. The minimum absolute atomic E-state index is 0.196. The van der Waals surface area contributed by atoms with E-state index >= 15 is 0 Å². The van der Waals surface area contributed by atoms with Gasteiger partial charge in [0.25, 0.3) is 0 Å². The molecule has 1 unspecified atom stereocenters. The molecule has 0 radical (unpaired) electrons. The van der Waals surface area contributed by atoms with Crippen molar-refractivity contribution in [1.82, 2.24) is 14.3 Å². The van der Waals surface area contributed by atoms with Crippen LogP contribution in [0.15, 0.2) is 30.6 Å². The summed E-state index contributed by atoms with van der Waals surface area (Å²) in [6.45, 7) is 3.73. The van der Waals surface area contributed by atoms with Gasteiger partial charge in [0.2, 0.25) is 0 Å². The molecule has 0 aromatic carbocycles. The zero-order chi connectivity index (χ0) is 11.5. The first-order valence-electron chi connectivity index (χ1n) is 5.52. The third-order valence-corrected chi connectivity index (χ3v) is 2.45. The van der Waals surface area contributed by atoms with E-state index in [1.165, 1.54) is 0 Å². The van der Waals surface area contributed by atoms with Crippen molar-refractivity contribution in [2.75, 3.05) is 13.6 Å². The quantitative estimate of drug-likeness (QED) is 0.836. The largest absolute Gasteiger partial charge is 0.327 e. The maximum absolute atomic E-state index is 5.75. The van der Waals surface area contributed by atoms with Gasteiger partial charge in [-0.25, -0.2) is 4.98 Å². The first-order chi connectivity index (χ1) is 7.65. The van der Waals surface area contributed by atoms with Crippen LogP contribution in [0.1, 0.15) is 12.6 Å². The molecule has 0 amide bonds. The van der Waals surface area contributed by atoms with E-state index in [0.29, 0.717) is 0 Å². The van der Waals surface area contributed by atoms with Gasteiger partial charge in [-0.05, 0) is 26.1 Å². The van der Waals surface area contributed by atoms with Crippen LogP contribution in [0.4, 0.5) is 0 Å². The summed E-state index contributed by atoms with van der Waals surface area (Å²) >= 11 is 0. The molecule has 0 saturated carbocycles. The third-order valence-electron chi connectivity index (χ3n) is 2.45. The molecule has 0 saturated heterocycles. The lowest BCUT2D eigenvalue weighted by Gasteiger charge is -2.17. The number of nitrogens with two attached hydrogens (primary N) is 1. The van der Waals surface area contributed by atoms with Crippen LogP contribution in [-0.2, 0) is 6.54 Å². The Balaban J connectivity index is 2.09. The maximum Gasteiger partial charge on any atom is 0.137 e. The van der Waals surface area contributed by atoms with Crippen molar-refractivity contribution >= 4 is 5.65 Å². The number of likely N-dealkylation sites (N-methyl/N-ethyl adjacent to an activating group) is 1. The summed E-state index contributed by atoms with van der Waals surface area (Å²) in [7, 11) is 2.06. The minimum atomic E-state index is 0.196. The molecule has 0 aliphatic heterocycles. The Bertz CT molecular complexity index is 428. The van der Waals surface area contributed by atoms with Crippen LogP contribution in [0.2, 0.25) is 0 Å². The molecular weight excluding hydrogens is 200 g/mol. The molecule has 2 rings (SSSR count). The third kappa shape index (κ3) is 2.59. The Kier molecular flexibility index (Phi) is 3.22. The Labute approximate surface area is 95.7 Å². The van der Waals surface area contributed by atoms with Crippen LogP contribution < -0.4 is 5.73 Å². The smallest absolute Gasteiger partial charge is 0.137 e. The molecule has 2 N–H and O–H groups in total. The SMILES string of the molecule is CC(N)CN(C)Cc1cn2ccccc2n1. The minimum Gasteiger partial charge on any atom is -0.327 e. The van der Waals surface area contributed by atoms with E-state index in [0.717, 1.165) is 24.4 Å². The predicted octanol–water partition coefficient (Wildman–Crippen LogP) is 1.11. The van der Waals surface area contributed by atoms with E-state index < -0.39 is 0 Å². The van der Waals surface area contributed by atoms with Crippen LogP contribution >= 0.6 is 0 Å². The highest BCUT2D eigenvalue weighted by atomic mass is 15.1. The van der Waals surface area contributed by atoms with Gasteiger partial charge in [-0.1, -0.05) is 6.07 Å². The lowest BCUT2D eigenvalue weighted by atomic mass is 10.3. The number of hydrogen-bond donors (Lipinski definition) is 1. The van der Waals surface area contributed by atoms with Crippen molar-refractivity contribution in [3.05, 3.63) is 36.3 Å². The number of nitrogens with zero attached hydrogens (tertiary/aromatic N) is 3. The first kappa shape index (κ1) is 11.1. The highest BCUT2D eigenvalue weighted by Crippen LogP contribution is 2.06. The molecule has 1 atom stereocenters. The van der Waals surface area contributed by atoms with E-state index in [9.17, 15) is 0 Å². The Morgan fingerprint density at radius 1 is 1.50 bits per heavy atom. The monoisotopic (exact) mass is 218 g/mol. The Hall–Kier alpha value is -1.39.